The fraction of sp³-hybridized carbons (Fsp3) is 0. The van der Waals surface area contributed by atoms with Crippen LogP contribution in [0.5, 0.6) is 0 Å². The van der Waals surface area contributed by atoms with Crippen LogP contribution in [0.25, 0.3) is 10.9 Å². The molecule has 0 atom stereocenters. The first-order valence-electron chi connectivity index (χ1n) is 6.33. The van der Waals surface area contributed by atoms with Crippen molar-refractivity contribution in [1.29, 1.82) is 0 Å². The lowest BCUT2D eigenvalue weighted by atomic mass is 10.2. The number of anilines is 3. The summed E-state index contributed by atoms with van der Waals surface area (Å²) in [5, 5.41) is 4.43. The molecular weight excluding hydrogens is 319 g/mol. The maximum absolute atomic E-state index is 6.02. The average molecular weight is 329 g/mol. The molecule has 0 aliphatic rings. The molecule has 0 saturated heterocycles. The molecule has 4 nitrogen and oxygen atoms in total. The molecule has 0 amide bonds. The summed E-state index contributed by atoms with van der Waals surface area (Å²) >= 11 is 12.0. The number of terminal acetylenes is 1. The summed E-state index contributed by atoms with van der Waals surface area (Å²) in [5.41, 5.74) is 8.46. The van der Waals surface area contributed by atoms with Crippen molar-refractivity contribution in [1.82, 2.24) is 9.97 Å². The fourth-order valence-electron chi connectivity index (χ4n) is 2.06. The van der Waals surface area contributed by atoms with Gasteiger partial charge in [-0.3, -0.25) is 0 Å². The van der Waals surface area contributed by atoms with E-state index in [1.807, 2.05) is 24.3 Å². The van der Waals surface area contributed by atoms with E-state index < -0.39 is 0 Å². The second kappa shape index (κ2) is 5.72. The van der Waals surface area contributed by atoms with E-state index in [0.29, 0.717) is 22.0 Å². The predicted octanol–water partition coefficient (Wildman–Crippen LogP) is 4.24. The number of hydrogen-bond acceptors (Lipinski definition) is 4. The number of hydrogen-bond donors (Lipinski definition) is 2. The van der Waals surface area contributed by atoms with E-state index in [9.17, 15) is 0 Å². The molecule has 0 saturated carbocycles. The Bertz CT molecular complexity index is 916. The second-order valence-electron chi connectivity index (χ2n) is 4.58. The Kier molecular flexibility index (Phi) is 3.76. The normalized spacial score (nSPS) is 10.4. The third kappa shape index (κ3) is 2.77. The number of halogens is 2. The minimum atomic E-state index is 0.115. The largest absolute Gasteiger partial charge is 0.398 e. The van der Waals surface area contributed by atoms with Crippen molar-refractivity contribution in [2.75, 3.05) is 11.1 Å². The highest BCUT2D eigenvalue weighted by Gasteiger charge is 2.10. The molecule has 0 aliphatic carbocycles. The zero-order valence-corrected chi connectivity index (χ0v) is 12.8. The highest BCUT2D eigenvalue weighted by molar-refractivity contribution is 6.34. The van der Waals surface area contributed by atoms with Crippen LogP contribution in [0.2, 0.25) is 10.3 Å². The topological polar surface area (TPSA) is 63.8 Å². The van der Waals surface area contributed by atoms with E-state index in [2.05, 4.69) is 21.2 Å². The molecule has 1 aromatic heterocycles. The number of fused-ring (bicyclic) bond motifs is 1. The summed E-state index contributed by atoms with van der Waals surface area (Å²) in [5.74, 6) is 3.12. The maximum atomic E-state index is 6.02. The van der Waals surface area contributed by atoms with Gasteiger partial charge < -0.3 is 11.1 Å². The molecule has 0 unspecified atom stereocenters. The number of nitrogens with two attached hydrogens (primary N) is 1. The van der Waals surface area contributed by atoms with Gasteiger partial charge in [-0.15, -0.1) is 6.42 Å². The molecular formula is C16H10Cl2N4. The fourth-order valence-corrected chi connectivity index (χ4v) is 2.39. The summed E-state index contributed by atoms with van der Waals surface area (Å²) < 4.78 is 0. The van der Waals surface area contributed by atoms with Crippen LogP contribution in [0.3, 0.4) is 0 Å². The van der Waals surface area contributed by atoms with Crippen molar-refractivity contribution in [2.24, 2.45) is 0 Å². The van der Waals surface area contributed by atoms with Gasteiger partial charge in [-0.1, -0.05) is 23.6 Å². The average Bonchev–Trinajstić information content (AvgIpc) is 2.49. The molecule has 3 aromatic rings. The lowest BCUT2D eigenvalue weighted by molar-refractivity contribution is 1.22. The molecule has 3 N–H and O–H groups in total. The maximum Gasteiger partial charge on any atom is 0.224 e. The van der Waals surface area contributed by atoms with E-state index in [-0.39, 0.29) is 5.28 Å². The van der Waals surface area contributed by atoms with E-state index in [0.717, 1.165) is 16.6 Å². The molecule has 6 heteroatoms. The van der Waals surface area contributed by atoms with Crippen LogP contribution in [0, 0.1) is 12.3 Å². The first kappa shape index (κ1) is 14.5. The molecule has 3 rings (SSSR count). The molecule has 0 fully saturated rings. The van der Waals surface area contributed by atoms with Crippen molar-refractivity contribution < 1.29 is 0 Å². The number of nitrogen functional groups attached to an aromatic ring is 1. The lowest BCUT2D eigenvalue weighted by Gasteiger charge is -2.10. The van der Waals surface area contributed by atoms with Gasteiger partial charge in [-0.25, -0.2) is 4.98 Å². The number of nitrogens with zero attached hydrogens (tertiary/aromatic N) is 2. The van der Waals surface area contributed by atoms with Crippen LogP contribution in [-0.2, 0) is 0 Å². The van der Waals surface area contributed by atoms with E-state index >= 15 is 0 Å². The monoisotopic (exact) mass is 328 g/mol. The smallest absolute Gasteiger partial charge is 0.224 e. The Hall–Kier alpha value is -2.48. The van der Waals surface area contributed by atoms with Crippen molar-refractivity contribution in [2.45, 2.75) is 0 Å². The molecule has 0 spiro atoms. The summed E-state index contributed by atoms with van der Waals surface area (Å²) in [6, 6.07) is 10.8. The van der Waals surface area contributed by atoms with Crippen molar-refractivity contribution >= 4 is 51.3 Å². The van der Waals surface area contributed by atoms with Gasteiger partial charge in [-0.05, 0) is 41.9 Å². The Labute approximate surface area is 137 Å². The van der Waals surface area contributed by atoms with Crippen LogP contribution in [0.4, 0.5) is 17.2 Å². The van der Waals surface area contributed by atoms with E-state index in [1.165, 1.54) is 0 Å². The zero-order chi connectivity index (χ0) is 15.7. The van der Waals surface area contributed by atoms with Gasteiger partial charge in [0.2, 0.25) is 5.28 Å². The Morgan fingerprint density at radius 1 is 1.14 bits per heavy atom. The van der Waals surface area contributed by atoms with E-state index in [4.69, 9.17) is 35.4 Å². The number of rotatable bonds is 2. The minimum Gasteiger partial charge on any atom is -0.398 e. The Morgan fingerprint density at radius 3 is 2.73 bits per heavy atom. The van der Waals surface area contributed by atoms with Gasteiger partial charge in [0, 0.05) is 16.6 Å². The predicted molar refractivity (Wildman–Crippen MR) is 91.6 cm³/mol. The first-order chi connectivity index (χ1) is 10.6. The summed E-state index contributed by atoms with van der Waals surface area (Å²) in [4.78, 5) is 8.37. The van der Waals surface area contributed by atoms with E-state index in [1.54, 1.807) is 12.1 Å². The number of nitrogens with one attached hydrogen (secondary N) is 1. The van der Waals surface area contributed by atoms with Gasteiger partial charge >= 0.3 is 0 Å². The molecule has 0 aliphatic heterocycles. The van der Waals surface area contributed by atoms with Crippen LogP contribution < -0.4 is 11.1 Å². The van der Waals surface area contributed by atoms with Gasteiger partial charge in [0.05, 0.1) is 16.2 Å². The molecule has 2 aromatic carbocycles. The van der Waals surface area contributed by atoms with Gasteiger partial charge in [-0.2, -0.15) is 4.98 Å². The first-order valence-corrected chi connectivity index (χ1v) is 7.08. The standard InChI is InChI=1S/C16H10Cl2N4/c1-2-9-4-3-5-10(6-9)20-15-11-7-13(19)12(17)8-14(11)21-16(18)22-15/h1,3-8H,19H2,(H,20,21,22). The zero-order valence-electron chi connectivity index (χ0n) is 11.3. The third-order valence-corrected chi connectivity index (χ3v) is 3.58. The minimum absolute atomic E-state index is 0.115. The van der Waals surface area contributed by atoms with Gasteiger partial charge in [0.25, 0.3) is 0 Å². The van der Waals surface area contributed by atoms with Crippen molar-refractivity contribution in [3.8, 4) is 12.3 Å². The van der Waals surface area contributed by atoms with Crippen molar-refractivity contribution in [3.63, 3.8) is 0 Å². The summed E-state index contributed by atoms with van der Waals surface area (Å²) in [7, 11) is 0. The Morgan fingerprint density at radius 2 is 1.95 bits per heavy atom. The number of benzene rings is 2. The van der Waals surface area contributed by atoms with Crippen LogP contribution in [-0.4, -0.2) is 9.97 Å². The highest BCUT2D eigenvalue weighted by atomic mass is 35.5. The molecule has 1 heterocycles. The summed E-state index contributed by atoms with van der Waals surface area (Å²) in [6.45, 7) is 0. The molecule has 0 radical (unpaired) electrons. The highest BCUT2D eigenvalue weighted by Crippen LogP contribution is 2.31. The third-order valence-electron chi connectivity index (χ3n) is 3.08. The summed E-state index contributed by atoms with van der Waals surface area (Å²) in [6.07, 6.45) is 5.41. The molecule has 22 heavy (non-hydrogen) atoms. The SMILES string of the molecule is C#Cc1cccc(Nc2nc(Cl)nc3cc(Cl)c(N)cc23)c1. The quantitative estimate of drug-likeness (QED) is 0.419. The number of aromatic nitrogens is 2. The van der Waals surface area contributed by atoms with Crippen molar-refractivity contribution in [3.05, 3.63) is 52.3 Å². The van der Waals surface area contributed by atoms with Crippen LogP contribution >= 0.6 is 23.2 Å². The second-order valence-corrected chi connectivity index (χ2v) is 5.33. The Balaban J connectivity index is 2.13. The molecule has 0 bridgehead atoms. The lowest BCUT2D eigenvalue weighted by Crippen LogP contribution is -1.99. The van der Waals surface area contributed by atoms with Crippen LogP contribution in [0.1, 0.15) is 5.56 Å². The van der Waals surface area contributed by atoms with Crippen LogP contribution in [0.15, 0.2) is 36.4 Å². The van der Waals surface area contributed by atoms with Gasteiger partial charge in [0.15, 0.2) is 0 Å². The molecule has 108 valence electrons. The van der Waals surface area contributed by atoms with Gasteiger partial charge in [0.1, 0.15) is 5.82 Å².